The Morgan fingerprint density at radius 2 is 2.14 bits per heavy atom. The Hall–Kier alpha value is -2.02. The van der Waals surface area contributed by atoms with Crippen molar-refractivity contribution in [2.45, 2.75) is 32.4 Å². The van der Waals surface area contributed by atoms with Gasteiger partial charge in [-0.05, 0) is 32.9 Å². The minimum Gasteiger partial charge on any atom is -0.444 e. The molecule has 0 bridgehead atoms. The lowest BCUT2D eigenvalue weighted by atomic mass is 10.1. The molecule has 1 amide bonds. The summed E-state index contributed by atoms with van der Waals surface area (Å²) >= 11 is 5.85. The second-order valence-corrected chi connectivity index (χ2v) is 6.70. The number of pyridine rings is 1. The average molecular weight is 324 g/mol. The molecule has 0 aromatic carbocycles. The van der Waals surface area contributed by atoms with Gasteiger partial charge in [0.1, 0.15) is 10.8 Å². The minimum absolute atomic E-state index is 0.0552. The summed E-state index contributed by atoms with van der Waals surface area (Å²) in [6, 6.07) is 3.62. The fourth-order valence-electron chi connectivity index (χ4n) is 2.22. The van der Waals surface area contributed by atoms with Crippen molar-refractivity contribution in [2.75, 3.05) is 18.0 Å². The van der Waals surface area contributed by atoms with E-state index in [0.29, 0.717) is 23.9 Å². The summed E-state index contributed by atoms with van der Waals surface area (Å²) in [7, 11) is 0. The molecule has 0 radical (unpaired) electrons. The molecule has 1 saturated heterocycles. The van der Waals surface area contributed by atoms with Gasteiger partial charge in [-0.1, -0.05) is 11.6 Å². The molecule has 118 valence electrons. The van der Waals surface area contributed by atoms with Crippen LogP contribution in [-0.4, -0.2) is 45.8 Å². The molecule has 3 heterocycles. The second kappa shape index (κ2) is 5.31. The molecule has 0 saturated carbocycles. The molecule has 2 aromatic heterocycles. The van der Waals surface area contributed by atoms with Gasteiger partial charge in [-0.25, -0.2) is 9.78 Å². The standard InChI is InChI=1S/C14H18ClN5O2/c1-14(2,3)22-13(21)16-8-6-20(7-8)12-17-9-4-5-10(15)18-11(9)19-12/h4-5,8H,6-7H2,1-3H3,(H,16,21)(H,17,18,19). The van der Waals surface area contributed by atoms with E-state index >= 15 is 0 Å². The van der Waals surface area contributed by atoms with Crippen molar-refractivity contribution in [3.05, 3.63) is 17.3 Å². The SMILES string of the molecule is CC(C)(C)OC(=O)NC1CN(c2nc3nc(Cl)ccc3[nH]2)C1. The number of alkyl carbamates (subject to hydrolysis) is 1. The molecule has 7 nitrogen and oxygen atoms in total. The van der Waals surface area contributed by atoms with E-state index in [4.69, 9.17) is 16.3 Å². The van der Waals surface area contributed by atoms with Crippen LogP contribution in [0.4, 0.5) is 10.7 Å². The molecular weight excluding hydrogens is 306 g/mol. The number of aromatic amines is 1. The molecule has 3 rings (SSSR count). The molecule has 0 unspecified atom stereocenters. The normalized spacial score (nSPS) is 15.7. The average Bonchev–Trinajstić information content (AvgIpc) is 2.73. The molecule has 1 aliphatic rings. The topological polar surface area (TPSA) is 83.1 Å². The molecular formula is C14H18ClN5O2. The number of hydrogen-bond acceptors (Lipinski definition) is 5. The van der Waals surface area contributed by atoms with Crippen molar-refractivity contribution < 1.29 is 9.53 Å². The third-order valence-corrected chi connectivity index (χ3v) is 3.41. The number of ether oxygens (including phenoxy) is 1. The zero-order chi connectivity index (χ0) is 15.9. The summed E-state index contributed by atoms with van der Waals surface area (Å²) in [5.41, 5.74) is 0.936. The highest BCUT2D eigenvalue weighted by Crippen LogP contribution is 2.22. The largest absolute Gasteiger partial charge is 0.444 e. The number of carbonyl (C=O) groups is 1. The van der Waals surface area contributed by atoms with E-state index in [1.54, 1.807) is 6.07 Å². The first kappa shape index (κ1) is 14.9. The summed E-state index contributed by atoms with van der Waals surface area (Å²) < 4.78 is 5.23. The molecule has 1 fully saturated rings. The first-order chi connectivity index (χ1) is 10.3. The van der Waals surface area contributed by atoms with Crippen LogP contribution in [0.15, 0.2) is 12.1 Å². The minimum atomic E-state index is -0.489. The lowest BCUT2D eigenvalue weighted by Crippen LogP contribution is -2.60. The molecule has 2 N–H and O–H groups in total. The maximum atomic E-state index is 11.7. The van der Waals surface area contributed by atoms with E-state index in [1.807, 2.05) is 31.7 Å². The smallest absolute Gasteiger partial charge is 0.407 e. The van der Waals surface area contributed by atoms with Gasteiger partial charge in [-0.3, -0.25) is 0 Å². The predicted molar refractivity (Wildman–Crippen MR) is 84.3 cm³/mol. The molecule has 0 spiro atoms. The number of nitrogens with zero attached hydrogens (tertiary/aromatic N) is 3. The fourth-order valence-corrected chi connectivity index (χ4v) is 2.37. The van der Waals surface area contributed by atoms with E-state index in [-0.39, 0.29) is 6.04 Å². The van der Waals surface area contributed by atoms with E-state index in [0.717, 1.165) is 11.5 Å². The van der Waals surface area contributed by atoms with Gasteiger partial charge in [-0.15, -0.1) is 0 Å². The quantitative estimate of drug-likeness (QED) is 0.829. The number of carbonyl (C=O) groups excluding carboxylic acids is 1. The number of amides is 1. The molecule has 8 heteroatoms. The van der Waals surface area contributed by atoms with Gasteiger partial charge < -0.3 is 19.9 Å². The van der Waals surface area contributed by atoms with Crippen LogP contribution < -0.4 is 10.2 Å². The monoisotopic (exact) mass is 323 g/mol. The van der Waals surface area contributed by atoms with Crippen molar-refractivity contribution in [1.82, 2.24) is 20.3 Å². The summed E-state index contributed by atoms with van der Waals surface area (Å²) in [6.07, 6.45) is -0.393. The van der Waals surface area contributed by atoms with E-state index in [2.05, 4.69) is 20.3 Å². The van der Waals surface area contributed by atoms with Gasteiger partial charge in [0.25, 0.3) is 0 Å². The maximum Gasteiger partial charge on any atom is 0.407 e. The first-order valence-corrected chi connectivity index (χ1v) is 7.45. The zero-order valence-corrected chi connectivity index (χ0v) is 13.4. The Kier molecular flexibility index (Phi) is 3.60. The van der Waals surface area contributed by atoms with Gasteiger partial charge in [0.15, 0.2) is 5.65 Å². The highest BCUT2D eigenvalue weighted by Gasteiger charge is 2.31. The number of imidazole rings is 1. The third-order valence-electron chi connectivity index (χ3n) is 3.20. The number of rotatable bonds is 2. The molecule has 1 aliphatic heterocycles. The van der Waals surface area contributed by atoms with Crippen molar-refractivity contribution in [3.8, 4) is 0 Å². The Bertz CT molecular complexity index is 703. The number of anilines is 1. The van der Waals surface area contributed by atoms with Gasteiger partial charge in [-0.2, -0.15) is 4.98 Å². The van der Waals surface area contributed by atoms with Crippen LogP contribution in [0, 0.1) is 0 Å². The number of aromatic nitrogens is 3. The zero-order valence-electron chi connectivity index (χ0n) is 12.7. The number of nitrogens with one attached hydrogen (secondary N) is 2. The summed E-state index contributed by atoms with van der Waals surface area (Å²) in [5.74, 6) is 0.729. The Morgan fingerprint density at radius 1 is 1.41 bits per heavy atom. The van der Waals surface area contributed by atoms with Crippen LogP contribution in [0.25, 0.3) is 11.2 Å². The number of fused-ring (bicyclic) bond motifs is 1. The Labute approximate surface area is 133 Å². The van der Waals surface area contributed by atoms with Gasteiger partial charge >= 0.3 is 6.09 Å². The molecule has 0 atom stereocenters. The molecule has 2 aromatic rings. The second-order valence-electron chi connectivity index (χ2n) is 6.31. The Balaban J connectivity index is 1.57. The van der Waals surface area contributed by atoms with Crippen LogP contribution in [-0.2, 0) is 4.74 Å². The molecule has 22 heavy (non-hydrogen) atoms. The lowest BCUT2D eigenvalue weighted by Gasteiger charge is -2.39. The van der Waals surface area contributed by atoms with Crippen molar-refractivity contribution >= 4 is 34.8 Å². The number of H-pyrrole nitrogens is 1. The van der Waals surface area contributed by atoms with Crippen LogP contribution >= 0.6 is 11.6 Å². The van der Waals surface area contributed by atoms with Gasteiger partial charge in [0, 0.05) is 13.1 Å². The van der Waals surface area contributed by atoms with Gasteiger partial charge in [0.2, 0.25) is 5.95 Å². The van der Waals surface area contributed by atoms with E-state index in [1.165, 1.54) is 0 Å². The van der Waals surface area contributed by atoms with Crippen molar-refractivity contribution in [3.63, 3.8) is 0 Å². The summed E-state index contributed by atoms with van der Waals surface area (Å²) in [4.78, 5) is 25.4. The number of hydrogen-bond donors (Lipinski definition) is 2. The summed E-state index contributed by atoms with van der Waals surface area (Å²) in [6.45, 7) is 6.87. The van der Waals surface area contributed by atoms with Crippen LogP contribution in [0.2, 0.25) is 5.15 Å². The predicted octanol–water partition coefficient (Wildman–Crippen LogP) is 2.32. The van der Waals surface area contributed by atoms with Crippen molar-refractivity contribution in [1.29, 1.82) is 0 Å². The van der Waals surface area contributed by atoms with E-state index in [9.17, 15) is 4.79 Å². The maximum absolute atomic E-state index is 11.7. The Morgan fingerprint density at radius 3 is 2.82 bits per heavy atom. The lowest BCUT2D eigenvalue weighted by molar-refractivity contribution is 0.0496. The van der Waals surface area contributed by atoms with Crippen molar-refractivity contribution in [2.24, 2.45) is 0 Å². The van der Waals surface area contributed by atoms with Crippen LogP contribution in [0.3, 0.4) is 0 Å². The summed E-state index contributed by atoms with van der Waals surface area (Å²) in [5, 5.41) is 3.25. The third kappa shape index (κ3) is 3.24. The highest BCUT2D eigenvalue weighted by molar-refractivity contribution is 6.29. The first-order valence-electron chi connectivity index (χ1n) is 7.07. The van der Waals surface area contributed by atoms with Crippen LogP contribution in [0.1, 0.15) is 20.8 Å². The fraction of sp³-hybridized carbons (Fsp3) is 0.500. The van der Waals surface area contributed by atoms with E-state index < -0.39 is 11.7 Å². The van der Waals surface area contributed by atoms with Crippen LogP contribution in [0.5, 0.6) is 0 Å². The molecule has 0 aliphatic carbocycles. The number of halogens is 1. The highest BCUT2D eigenvalue weighted by atomic mass is 35.5. The van der Waals surface area contributed by atoms with Gasteiger partial charge in [0.05, 0.1) is 11.6 Å².